The number of nitrogens with one attached hydrogen (secondary N) is 2. The molecule has 1 aliphatic rings. The first-order chi connectivity index (χ1) is 10.6. The third-order valence-corrected chi connectivity index (χ3v) is 3.91. The zero-order valence-electron chi connectivity index (χ0n) is 11.1. The molecule has 2 N–H and O–H groups in total. The third-order valence-electron chi connectivity index (χ3n) is 2.77. The molecule has 112 valence electrons. The molecule has 2 aromatic heterocycles. The molecule has 0 saturated carbocycles. The molecule has 8 heteroatoms. The van der Waals surface area contributed by atoms with Crippen molar-refractivity contribution in [3.8, 4) is 0 Å². The van der Waals surface area contributed by atoms with E-state index in [2.05, 4.69) is 10.6 Å². The molecule has 0 aliphatic carbocycles. The Balaban J connectivity index is 1.70. The zero-order valence-corrected chi connectivity index (χ0v) is 12.8. The second-order valence-corrected chi connectivity index (χ2v) is 5.71. The van der Waals surface area contributed by atoms with Crippen LogP contribution in [0.1, 0.15) is 11.5 Å². The minimum atomic E-state index is -0.546. The van der Waals surface area contributed by atoms with Gasteiger partial charge in [0.1, 0.15) is 17.1 Å². The molecule has 0 bridgehead atoms. The number of carbonyl (C=O) groups excluding carboxylic acids is 2. The quantitative estimate of drug-likeness (QED) is 0.385. The van der Waals surface area contributed by atoms with Crippen molar-refractivity contribution in [3.05, 3.63) is 47.6 Å². The topological polar surface area (TPSA) is 84.5 Å². The summed E-state index contributed by atoms with van der Waals surface area (Å²) in [6.07, 6.45) is 2.99. The lowest BCUT2D eigenvalue weighted by Gasteiger charge is -2.15. The Kier molecular flexibility index (Phi) is 4.12. The predicted molar refractivity (Wildman–Crippen MR) is 83.8 cm³/mol. The molecule has 3 rings (SSSR count). The Morgan fingerprint density at radius 2 is 1.95 bits per heavy atom. The van der Waals surface area contributed by atoms with E-state index in [1.54, 1.807) is 18.4 Å². The Labute approximate surface area is 134 Å². The van der Waals surface area contributed by atoms with E-state index in [4.69, 9.17) is 21.1 Å². The van der Waals surface area contributed by atoms with Crippen molar-refractivity contribution >= 4 is 47.0 Å². The van der Waals surface area contributed by atoms with Gasteiger partial charge in [0, 0.05) is 0 Å². The second-order valence-electron chi connectivity index (χ2n) is 4.32. The standard InChI is InChI=1S/C14H10N2O4S2/c17-12-10(13(18)16-14(21)15-12)6-8-3-4-11(20-8)22-7-9-2-1-5-19-9/h1-6H,7H2,(H2,15,16,17,18,21). The molecule has 1 saturated heterocycles. The van der Waals surface area contributed by atoms with E-state index in [0.29, 0.717) is 16.6 Å². The van der Waals surface area contributed by atoms with Gasteiger partial charge >= 0.3 is 0 Å². The summed E-state index contributed by atoms with van der Waals surface area (Å²) in [6.45, 7) is 0. The van der Waals surface area contributed by atoms with Crippen molar-refractivity contribution in [1.29, 1.82) is 0 Å². The van der Waals surface area contributed by atoms with E-state index < -0.39 is 11.8 Å². The summed E-state index contributed by atoms with van der Waals surface area (Å²) in [5.74, 6) is 0.784. The number of carbonyl (C=O) groups is 2. The van der Waals surface area contributed by atoms with Crippen molar-refractivity contribution in [1.82, 2.24) is 10.6 Å². The van der Waals surface area contributed by atoms with Gasteiger partial charge in [-0.25, -0.2) is 0 Å². The van der Waals surface area contributed by atoms with E-state index in [1.807, 2.05) is 12.1 Å². The average molecular weight is 334 g/mol. The number of thioether (sulfide) groups is 1. The number of rotatable bonds is 4. The molecule has 6 nitrogen and oxygen atoms in total. The van der Waals surface area contributed by atoms with E-state index in [9.17, 15) is 9.59 Å². The summed E-state index contributed by atoms with van der Waals surface area (Å²) >= 11 is 6.18. The molecular formula is C14H10N2O4S2. The number of amides is 2. The van der Waals surface area contributed by atoms with Gasteiger partial charge in [-0.15, -0.1) is 0 Å². The lowest BCUT2D eigenvalue weighted by Crippen LogP contribution is -2.51. The molecule has 1 fully saturated rings. The van der Waals surface area contributed by atoms with Crippen LogP contribution in [-0.4, -0.2) is 16.9 Å². The van der Waals surface area contributed by atoms with Gasteiger partial charge in [0.25, 0.3) is 11.8 Å². The average Bonchev–Trinajstić information content (AvgIpc) is 3.12. The molecule has 2 amide bonds. The summed E-state index contributed by atoms with van der Waals surface area (Å²) in [4.78, 5) is 23.4. The van der Waals surface area contributed by atoms with Crippen molar-refractivity contribution in [2.75, 3.05) is 0 Å². The molecule has 0 aromatic carbocycles. The number of hydrogen-bond donors (Lipinski definition) is 2. The summed E-state index contributed by atoms with van der Waals surface area (Å²) in [5.41, 5.74) is -0.0504. The highest BCUT2D eigenvalue weighted by Gasteiger charge is 2.26. The van der Waals surface area contributed by atoms with Gasteiger partial charge < -0.3 is 8.83 Å². The van der Waals surface area contributed by atoms with Crippen LogP contribution in [0.4, 0.5) is 0 Å². The van der Waals surface area contributed by atoms with Gasteiger partial charge in [-0.2, -0.15) is 0 Å². The molecular weight excluding hydrogens is 324 g/mol. The van der Waals surface area contributed by atoms with E-state index in [0.717, 1.165) is 5.76 Å². The first-order valence-electron chi connectivity index (χ1n) is 6.25. The highest BCUT2D eigenvalue weighted by Crippen LogP contribution is 2.26. The summed E-state index contributed by atoms with van der Waals surface area (Å²) in [6, 6.07) is 7.14. The van der Waals surface area contributed by atoms with Crippen LogP contribution >= 0.6 is 24.0 Å². The SMILES string of the molecule is O=C1NC(=S)NC(=O)C1=Cc1ccc(SCc2ccco2)o1. The van der Waals surface area contributed by atoms with Crippen LogP contribution in [0.2, 0.25) is 0 Å². The van der Waals surface area contributed by atoms with Gasteiger partial charge in [-0.3, -0.25) is 20.2 Å². The first kappa shape index (κ1) is 14.6. The fraction of sp³-hybridized carbons (Fsp3) is 0.0714. The molecule has 0 atom stereocenters. The molecule has 3 heterocycles. The van der Waals surface area contributed by atoms with Crippen LogP contribution in [-0.2, 0) is 15.3 Å². The van der Waals surface area contributed by atoms with Crippen molar-refractivity contribution in [3.63, 3.8) is 0 Å². The van der Waals surface area contributed by atoms with E-state index in [1.165, 1.54) is 17.8 Å². The minimum absolute atomic E-state index is 0.00119. The summed E-state index contributed by atoms with van der Waals surface area (Å²) in [5, 5.41) is 5.39. The molecule has 0 unspecified atom stereocenters. The van der Waals surface area contributed by atoms with Crippen molar-refractivity contribution in [2.24, 2.45) is 0 Å². The Hall–Kier alpha value is -2.32. The minimum Gasteiger partial charge on any atom is -0.468 e. The summed E-state index contributed by atoms with van der Waals surface area (Å²) < 4.78 is 10.8. The number of furan rings is 2. The fourth-order valence-corrected chi connectivity index (χ4v) is 2.73. The Morgan fingerprint density at radius 1 is 1.18 bits per heavy atom. The monoisotopic (exact) mass is 334 g/mol. The largest absolute Gasteiger partial charge is 0.468 e. The number of thiocarbonyl (C=S) groups is 1. The van der Waals surface area contributed by atoms with Gasteiger partial charge in [-0.05, 0) is 42.6 Å². The molecule has 2 aromatic rings. The van der Waals surface area contributed by atoms with Crippen LogP contribution in [0, 0.1) is 0 Å². The van der Waals surface area contributed by atoms with E-state index in [-0.39, 0.29) is 10.7 Å². The molecule has 0 spiro atoms. The predicted octanol–water partition coefficient (Wildman–Crippen LogP) is 2.08. The molecule has 1 aliphatic heterocycles. The fourth-order valence-electron chi connectivity index (χ4n) is 1.78. The first-order valence-corrected chi connectivity index (χ1v) is 7.64. The maximum absolute atomic E-state index is 11.7. The van der Waals surface area contributed by atoms with E-state index >= 15 is 0 Å². The van der Waals surface area contributed by atoms with Crippen molar-refractivity contribution in [2.45, 2.75) is 10.8 Å². The molecule has 0 radical (unpaired) electrons. The third kappa shape index (κ3) is 3.29. The van der Waals surface area contributed by atoms with Gasteiger partial charge in [0.15, 0.2) is 10.2 Å². The van der Waals surface area contributed by atoms with Crippen LogP contribution in [0.15, 0.2) is 50.0 Å². The van der Waals surface area contributed by atoms with Gasteiger partial charge in [0.2, 0.25) is 0 Å². The van der Waals surface area contributed by atoms with Gasteiger partial charge in [-0.1, -0.05) is 11.8 Å². The van der Waals surface area contributed by atoms with Crippen LogP contribution in [0.25, 0.3) is 6.08 Å². The smallest absolute Gasteiger partial charge is 0.263 e. The van der Waals surface area contributed by atoms with Crippen LogP contribution in [0.3, 0.4) is 0 Å². The van der Waals surface area contributed by atoms with Crippen LogP contribution < -0.4 is 10.6 Å². The molecule has 22 heavy (non-hydrogen) atoms. The summed E-state index contributed by atoms with van der Waals surface area (Å²) in [7, 11) is 0. The Bertz CT molecular complexity index is 740. The van der Waals surface area contributed by atoms with Gasteiger partial charge in [0.05, 0.1) is 12.0 Å². The van der Waals surface area contributed by atoms with Crippen LogP contribution in [0.5, 0.6) is 0 Å². The highest BCUT2D eigenvalue weighted by molar-refractivity contribution is 7.98. The Morgan fingerprint density at radius 3 is 2.64 bits per heavy atom. The lowest BCUT2D eigenvalue weighted by molar-refractivity contribution is -0.123. The lowest BCUT2D eigenvalue weighted by atomic mass is 10.1. The maximum atomic E-state index is 11.7. The van der Waals surface area contributed by atoms with Crippen molar-refractivity contribution < 1.29 is 18.4 Å². The second kappa shape index (κ2) is 6.20. The normalized spacial score (nSPS) is 14.7. The number of hydrogen-bond acceptors (Lipinski definition) is 6. The zero-order chi connectivity index (χ0) is 15.5. The maximum Gasteiger partial charge on any atom is 0.263 e. The highest BCUT2D eigenvalue weighted by atomic mass is 32.2.